The number of Topliss-reactive ketones (excluding diaryl/α,β-unsaturated/α-hetero) is 1. The minimum Gasteiger partial charge on any atom is -0.490 e. The third kappa shape index (κ3) is 4.04. The molecule has 0 aliphatic heterocycles. The summed E-state index contributed by atoms with van der Waals surface area (Å²) in [5, 5.41) is 0. The fraction of sp³-hybridized carbons (Fsp3) is 0.533. The Hall–Kier alpha value is -1.39. The molecule has 0 N–H and O–H groups in total. The molecule has 1 aromatic carbocycles. The molecule has 104 valence electrons. The monoisotopic (exact) mass is 264 g/mol. The van der Waals surface area contributed by atoms with Crippen molar-refractivity contribution < 1.29 is 19.0 Å². The van der Waals surface area contributed by atoms with Crippen molar-refractivity contribution in [3.8, 4) is 5.75 Å². The second kappa shape index (κ2) is 6.68. The SMILES string of the molecule is CCOC(OCC)C(=O)c1ccc(OC2CC2)cc1. The predicted molar refractivity (Wildman–Crippen MR) is 71.5 cm³/mol. The topological polar surface area (TPSA) is 44.8 Å². The van der Waals surface area contributed by atoms with Crippen molar-refractivity contribution in [1.29, 1.82) is 0 Å². The van der Waals surface area contributed by atoms with E-state index < -0.39 is 6.29 Å². The fourth-order valence-electron chi connectivity index (χ4n) is 1.71. The first-order valence-corrected chi connectivity index (χ1v) is 6.78. The molecule has 0 bridgehead atoms. The van der Waals surface area contributed by atoms with Crippen LogP contribution in [0.1, 0.15) is 37.0 Å². The fourth-order valence-corrected chi connectivity index (χ4v) is 1.71. The van der Waals surface area contributed by atoms with Gasteiger partial charge in [0.15, 0.2) is 0 Å². The number of carbonyl (C=O) groups is 1. The van der Waals surface area contributed by atoms with Crippen LogP contribution in [0, 0.1) is 0 Å². The van der Waals surface area contributed by atoms with Crippen molar-refractivity contribution >= 4 is 5.78 Å². The molecular formula is C15H20O4. The summed E-state index contributed by atoms with van der Waals surface area (Å²) in [7, 11) is 0. The predicted octanol–water partition coefficient (Wildman–Crippen LogP) is 2.81. The molecule has 1 aliphatic rings. The highest BCUT2D eigenvalue weighted by Crippen LogP contribution is 2.26. The van der Waals surface area contributed by atoms with E-state index in [2.05, 4.69) is 0 Å². The van der Waals surface area contributed by atoms with Crippen LogP contribution in [0.4, 0.5) is 0 Å². The molecule has 2 rings (SSSR count). The number of benzene rings is 1. The Balaban J connectivity index is 1.99. The third-order valence-corrected chi connectivity index (χ3v) is 2.82. The summed E-state index contributed by atoms with van der Waals surface area (Å²) in [5.74, 6) is 0.657. The summed E-state index contributed by atoms with van der Waals surface area (Å²) in [4.78, 5) is 12.2. The van der Waals surface area contributed by atoms with Gasteiger partial charge in [-0.15, -0.1) is 0 Å². The maximum atomic E-state index is 12.2. The zero-order valence-corrected chi connectivity index (χ0v) is 11.4. The van der Waals surface area contributed by atoms with Crippen LogP contribution in [-0.4, -0.2) is 31.4 Å². The molecule has 0 spiro atoms. The highest BCUT2D eigenvalue weighted by atomic mass is 16.7. The molecule has 1 aliphatic carbocycles. The Kier molecular flexibility index (Phi) is 4.93. The summed E-state index contributed by atoms with van der Waals surface area (Å²) >= 11 is 0. The smallest absolute Gasteiger partial charge is 0.222 e. The minimum absolute atomic E-state index is 0.151. The highest BCUT2D eigenvalue weighted by molar-refractivity contribution is 5.98. The summed E-state index contributed by atoms with van der Waals surface area (Å²) in [6.45, 7) is 4.57. The summed E-state index contributed by atoms with van der Waals surface area (Å²) in [6.07, 6.45) is 1.79. The normalized spacial score (nSPS) is 14.7. The van der Waals surface area contributed by atoms with Crippen molar-refractivity contribution in [2.24, 2.45) is 0 Å². The second-order valence-electron chi connectivity index (χ2n) is 4.45. The molecule has 0 amide bonds. The lowest BCUT2D eigenvalue weighted by Gasteiger charge is -2.15. The molecule has 1 fully saturated rings. The zero-order chi connectivity index (χ0) is 13.7. The average Bonchev–Trinajstić information content (AvgIpc) is 3.23. The van der Waals surface area contributed by atoms with Crippen LogP contribution in [0.15, 0.2) is 24.3 Å². The second-order valence-corrected chi connectivity index (χ2v) is 4.45. The van der Waals surface area contributed by atoms with E-state index >= 15 is 0 Å². The summed E-state index contributed by atoms with van der Waals surface area (Å²) in [5.41, 5.74) is 0.579. The Bertz CT molecular complexity index is 403. The number of hydrogen-bond acceptors (Lipinski definition) is 4. The van der Waals surface area contributed by atoms with Gasteiger partial charge in [-0.25, -0.2) is 0 Å². The van der Waals surface area contributed by atoms with Crippen LogP contribution in [-0.2, 0) is 9.47 Å². The van der Waals surface area contributed by atoms with Crippen molar-refractivity contribution in [1.82, 2.24) is 0 Å². The molecular weight excluding hydrogens is 244 g/mol. The molecule has 1 aromatic rings. The maximum absolute atomic E-state index is 12.2. The molecule has 4 heteroatoms. The van der Waals surface area contributed by atoms with Gasteiger partial charge in [0.1, 0.15) is 5.75 Å². The van der Waals surface area contributed by atoms with Gasteiger partial charge in [-0.1, -0.05) is 0 Å². The first-order chi connectivity index (χ1) is 9.24. The van der Waals surface area contributed by atoms with Crippen LogP contribution in [0.2, 0.25) is 0 Å². The van der Waals surface area contributed by atoms with E-state index in [1.165, 1.54) is 0 Å². The largest absolute Gasteiger partial charge is 0.490 e. The molecule has 0 radical (unpaired) electrons. The van der Waals surface area contributed by atoms with Gasteiger partial charge in [0.25, 0.3) is 0 Å². The number of ether oxygens (including phenoxy) is 3. The summed E-state index contributed by atoms with van der Waals surface area (Å²) in [6, 6.07) is 7.15. The van der Waals surface area contributed by atoms with E-state index in [-0.39, 0.29) is 5.78 Å². The van der Waals surface area contributed by atoms with E-state index in [1.54, 1.807) is 12.1 Å². The van der Waals surface area contributed by atoms with Crippen LogP contribution in [0.25, 0.3) is 0 Å². The number of hydrogen-bond donors (Lipinski definition) is 0. The quantitative estimate of drug-likeness (QED) is 0.535. The standard InChI is InChI=1S/C15H20O4/c1-3-17-15(18-4-2)14(16)11-5-7-12(8-6-11)19-13-9-10-13/h5-8,13,15H,3-4,9-10H2,1-2H3. The summed E-state index contributed by atoms with van der Waals surface area (Å²) < 4.78 is 16.2. The van der Waals surface area contributed by atoms with Crippen molar-refractivity contribution in [3.05, 3.63) is 29.8 Å². The molecule has 19 heavy (non-hydrogen) atoms. The van der Waals surface area contributed by atoms with Crippen molar-refractivity contribution in [2.45, 2.75) is 39.1 Å². The van der Waals surface area contributed by atoms with Gasteiger partial charge >= 0.3 is 0 Å². The Morgan fingerprint density at radius 3 is 2.21 bits per heavy atom. The number of rotatable bonds is 8. The van der Waals surface area contributed by atoms with Gasteiger partial charge in [-0.2, -0.15) is 0 Å². The van der Waals surface area contributed by atoms with Crippen LogP contribution in [0.3, 0.4) is 0 Å². The van der Waals surface area contributed by atoms with E-state index in [1.807, 2.05) is 26.0 Å². The van der Waals surface area contributed by atoms with E-state index in [0.717, 1.165) is 18.6 Å². The van der Waals surface area contributed by atoms with Gasteiger partial charge in [0.2, 0.25) is 12.1 Å². The third-order valence-electron chi connectivity index (χ3n) is 2.82. The van der Waals surface area contributed by atoms with E-state index in [0.29, 0.717) is 24.9 Å². The Labute approximate surface area is 113 Å². The maximum Gasteiger partial charge on any atom is 0.222 e. The van der Waals surface area contributed by atoms with Crippen molar-refractivity contribution in [3.63, 3.8) is 0 Å². The van der Waals surface area contributed by atoms with E-state index in [4.69, 9.17) is 14.2 Å². The Morgan fingerprint density at radius 1 is 1.16 bits per heavy atom. The van der Waals surface area contributed by atoms with Crippen LogP contribution >= 0.6 is 0 Å². The molecule has 0 unspecified atom stereocenters. The van der Waals surface area contributed by atoms with Gasteiger partial charge in [0, 0.05) is 18.8 Å². The lowest BCUT2D eigenvalue weighted by Crippen LogP contribution is -2.27. The molecule has 0 saturated heterocycles. The van der Waals surface area contributed by atoms with Gasteiger partial charge in [-0.05, 0) is 51.0 Å². The first kappa shape index (κ1) is 14.0. The Morgan fingerprint density at radius 2 is 1.74 bits per heavy atom. The van der Waals surface area contributed by atoms with Crippen LogP contribution < -0.4 is 4.74 Å². The van der Waals surface area contributed by atoms with Gasteiger partial charge in [-0.3, -0.25) is 4.79 Å². The highest BCUT2D eigenvalue weighted by Gasteiger charge is 2.24. The lowest BCUT2D eigenvalue weighted by molar-refractivity contribution is -0.107. The molecule has 1 saturated carbocycles. The molecule has 0 atom stereocenters. The first-order valence-electron chi connectivity index (χ1n) is 6.78. The minimum atomic E-state index is -0.815. The van der Waals surface area contributed by atoms with Crippen molar-refractivity contribution in [2.75, 3.05) is 13.2 Å². The van der Waals surface area contributed by atoms with Gasteiger partial charge < -0.3 is 14.2 Å². The van der Waals surface area contributed by atoms with Gasteiger partial charge in [0.05, 0.1) is 6.10 Å². The molecule has 0 aromatic heterocycles. The number of carbonyl (C=O) groups excluding carboxylic acids is 1. The average molecular weight is 264 g/mol. The molecule has 4 nitrogen and oxygen atoms in total. The lowest BCUT2D eigenvalue weighted by atomic mass is 10.1. The van der Waals surface area contributed by atoms with E-state index in [9.17, 15) is 4.79 Å². The van der Waals surface area contributed by atoms with Crippen LogP contribution in [0.5, 0.6) is 5.75 Å². The zero-order valence-electron chi connectivity index (χ0n) is 11.4. The molecule has 0 heterocycles. The number of ketones is 1.